The van der Waals surface area contributed by atoms with Crippen molar-refractivity contribution in [2.24, 2.45) is 11.7 Å². The van der Waals surface area contributed by atoms with E-state index in [0.29, 0.717) is 5.92 Å². The lowest BCUT2D eigenvalue weighted by Crippen LogP contribution is -2.42. The summed E-state index contributed by atoms with van der Waals surface area (Å²) in [6, 6.07) is 0.236. The molecule has 4 N–H and O–H groups in total. The normalized spacial score (nSPS) is 29.6. The van der Waals surface area contributed by atoms with Crippen LogP contribution in [0.4, 0.5) is 0 Å². The molecule has 0 saturated heterocycles. The minimum absolute atomic E-state index is 0.236. The Morgan fingerprint density at radius 3 is 2.50 bits per heavy atom. The van der Waals surface area contributed by atoms with E-state index < -0.39 is 6.10 Å². The number of aliphatic hydroxyl groups is 1. The highest BCUT2D eigenvalue weighted by Crippen LogP contribution is 2.23. The maximum atomic E-state index is 11.2. The van der Waals surface area contributed by atoms with E-state index in [1.54, 1.807) is 0 Å². The number of rotatable bonds is 3. The van der Waals surface area contributed by atoms with Crippen molar-refractivity contribution >= 4 is 5.91 Å². The second-order valence-corrected chi connectivity index (χ2v) is 4.14. The number of carbonyl (C=O) groups is 1. The Morgan fingerprint density at radius 1 is 1.50 bits per heavy atom. The van der Waals surface area contributed by atoms with Gasteiger partial charge >= 0.3 is 0 Å². The number of hydrogen-bond donors (Lipinski definition) is 3. The molecule has 0 aromatic carbocycles. The fraction of sp³-hybridized carbons (Fsp3) is 0.900. The van der Waals surface area contributed by atoms with Crippen LogP contribution in [0.2, 0.25) is 0 Å². The Morgan fingerprint density at radius 2 is 2.07 bits per heavy atom. The van der Waals surface area contributed by atoms with Crippen LogP contribution in [0.25, 0.3) is 0 Å². The Hall–Kier alpha value is -0.610. The van der Waals surface area contributed by atoms with E-state index in [2.05, 4.69) is 5.32 Å². The van der Waals surface area contributed by atoms with E-state index in [0.717, 1.165) is 32.2 Å². The summed E-state index contributed by atoms with van der Waals surface area (Å²) in [5.41, 5.74) is 5.57. The van der Waals surface area contributed by atoms with Gasteiger partial charge in [-0.05, 0) is 45.1 Å². The summed E-state index contributed by atoms with van der Waals surface area (Å²) in [7, 11) is 0. The summed E-state index contributed by atoms with van der Waals surface area (Å²) in [6.45, 7) is 2.23. The number of amides is 1. The number of nitrogens with one attached hydrogen (secondary N) is 1. The van der Waals surface area contributed by atoms with Gasteiger partial charge in [-0.3, -0.25) is 4.79 Å². The van der Waals surface area contributed by atoms with Gasteiger partial charge < -0.3 is 16.2 Å². The Labute approximate surface area is 84.9 Å². The molecule has 0 unspecified atom stereocenters. The van der Waals surface area contributed by atoms with Crippen LogP contribution in [0, 0.1) is 5.92 Å². The second-order valence-electron chi connectivity index (χ2n) is 4.14. The molecule has 1 fully saturated rings. The summed E-state index contributed by atoms with van der Waals surface area (Å²) in [5.74, 6) is 0.357. The van der Waals surface area contributed by atoms with Gasteiger partial charge in [-0.25, -0.2) is 0 Å². The molecule has 1 atom stereocenters. The summed E-state index contributed by atoms with van der Waals surface area (Å²) < 4.78 is 0. The van der Waals surface area contributed by atoms with Gasteiger partial charge in [0.05, 0.1) is 0 Å². The number of nitrogens with two attached hydrogens (primary N) is 1. The van der Waals surface area contributed by atoms with Crippen LogP contribution < -0.4 is 11.1 Å². The van der Waals surface area contributed by atoms with Gasteiger partial charge in [-0.15, -0.1) is 0 Å². The van der Waals surface area contributed by atoms with Crippen LogP contribution in [-0.4, -0.2) is 29.7 Å². The van der Waals surface area contributed by atoms with Crippen LogP contribution in [0.5, 0.6) is 0 Å². The molecular formula is C10H20N2O2. The zero-order valence-corrected chi connectivity index (χ0v) is 8.70. The highest BCUT2D eigenvalue weighted by Gasteiger charge is 2.22. The van der Waals surface area contributed by atoms with Crippen LogP contribution in [0.15, 0.2) is 0 Å². The van der Waals surface area contributed by atoms with Gasteiger partial charge in [0.15, 0.2) is 0 Å². The third-order valence-electron chi connectivity index (χ3n) is 2.91. The van der Waals surface area contributed by atoms with Gasteiger partial charge in [0.1, 0.15) is 6.10 Å². The molecule has 0 bridgehead atoms. The average molecular weight is 200 g/mol. The number of hydrogen-bond acceptors (Lipinski definition) is 3. The molecule has 0 spiro atoms. The van der Waals surface area contributed by atoms with Crippen molar-refractivity contribution in [3.8, 4) is 0 Å². The Balaban J connectivity index is 2.25. The van der Waals surface area contributed by atoms with Gasteiger partial charge in [0.25, 0.3) is 0 Å². The van der Waals surface area contributed by atoms with Crippen molar-refractivity contribution in [1.29, 1.82) is 0 Å². The van der Waals surface area contributed by atoms with Crippen molar-refractivity contribution in [3.63, 3.8) is 0 Å². The van der Waals surface area contributed by atoms with Gasteiger partial charge in [-0.1, -0.05) is 0 Å². The predicted molar refractivity (Wildman–Crippen MR) is 54.6 cm³/mol. The minimum atomic E-state index is -0.901. The summed E-state index contributed by atoms with van der Waals surface area (Å²) >= 11 is 0. The second kappa shape index (κ2) is 5.32. The fourth-order valence-electron chi connectivity index (χ4n) is 1.86. The first-order chi connectivity index (χ1) is 6.63. The molecule has 0 heterocycles. The standard InChI is InChI=1S/C10H20N2O2/c1-7(13)10(14)12-9-4-2-8(6-11)3-5-9/h7-9,13H,2-6,11H2,1H3,(H,12,14)/t7-,8-,9-/m1/s1. The lowest BCUT2D eigenvalue weighted by molar-refractivity contribution is -0.129. The third kappa shape index (κ3) is 3.27. The van der Waals surface area contributed by atoms with E-state index in [9.17, 15) is 4.79 Å². The first-order valence-corrected chi connectivity index (χ1v) is 5.32. The molecule has 0 aromatic rings. The van der Waals surface area contributed by atoms with Crippen molar-refractivity contribution in [3.05, 3.63) is 0 Å². The van der Waals surface area contributed by atoms with Crippen LogP contribution in [0.3, 0.4) is 0 Å². The van der Waals surface area contributed by atoms with Crippen molar-refractivity contribution < 1.29 is 9.90 Å². The highest BCUT2D eigenvalue weighted by molar-refractivity contribution is 5.80. The van der Waals surface area contributed by atoms with E-state index in [4.69, 9.17) is 10.8 Å². The zero-order chi connectivity index (χ0) is 10.6. The summed E-state index contributed by atoms with van der Waals surface area (Å²) in [6.07, 6.45) is 3.24. The zero-order valence-electron chi connectivity index (χ0n) is 8.70. The summed E-state index contributed by atoms with van der Waals surface area (Å²) in [4.78, 5) is 11.2. The molecule has 1 aliphatic carbocycles. The molecule has 14 heavy (non-hydrogen) atoms. The molecule has 0 aliphatic heterocycles. The van der Waals surface area contributed by atoms with Crippen LogP contribution in [-0.2, 0) is 4.79 Å². The average Bonchev–Trinajstić information content (AvgIpc) is 2.19. The first-order valence-electron chi connectivity index (χ1n) is 5.32. The molecule has 1 rings (SSSR count). The number of aliphatic hydroxyl groups excluding tert-OH is 1. The maximum absolute atomic E-state index is 11.2. The highest BCUT2D eigenvalue weighted by atomic mass is 16.3. The van der Waals surface area contributed by atoms with Crippen molar-refractivity contribution in [2.75, 3.05) is 6.54 Å². The van der Waals surface area contributed by atoms with E-state index in [1.807, 2.05) is 0 Å². The van der Waals surface area contributed by atoms with Crippen LogP contribution in [0.1, 0.15) is 32.6 Å². The minimum Gasteiger partial charge on any atom is -0.384 e. The Kier molecular flexibility index (Phi) is 4.35. The monoisotopic (exact) mass is 200 g/mol. The molecule has 0 radical (unpaired) electrons. The molecule has 1 saturated carbocycles. The molecule has 0 aromatic heterocycles. The summed E-state index contributed by atoms with van der Waals surface area (Å²) in [5, 5.41) is 11.9. The molecule has 1 amide bonds. The van der Waals surface area contributed by atoms with Gasteiger partial charge in [0.2, 0.25) is 5.91 Å². The maximum Gasteiger partial charge on any atom is 0.248 e. The SMILES string of the molecule is C[C@@H](O)C(=O)N[C@H]1CC[C@H](CN)CC1. The van der Waals surface area contributed by atoms with Crippen molar-refractivity contribution in [2.45, 2.75) is 44.8 Å². The Bertz CT molecular complexity index is 187. The van der Waals surface area contributed by atoms with E-state index in [-0.39, 0.29) is 11.9 Å². The van der Waals surface area contributed by atoms with Gasteiger partial charge in [0, 0.05) is 6.04 Å². The topological polar surface area (TPSA) is 75.3 Å². The van der Waals surface area contributed by atoms with Crippen LogP contribution >= 0.6 is 0 Å². The molecule has 4 nitrogen and oxygen atoms in total. The first kappa shape index (κ1) is 11.5. The molecule has 1 aliphatic rings. The van der Waals surface area contributed by atoms with E-state index >= 15 is 0 Å². The molecule has 4 heteroatoms. The molecule has 82 valence electrons. The lowest BCUT2D eigenvalue weighted by atomic mass is 9.86. The smallest absolute Gasteiger partial charge is 0.248 e. The quantitative estimate of drug-likeness (QED) is 0.600. The predicted octanol–water partition coefficient (Wildman–Crippen LogP) is 0.000900. The van der Waals surface area contributed by atoms with Gasteiger partial charge in [-0.2, -0.15) is 0 Å². The van der Waals surface area contributed by atoms with E-state index in [1.165, 1.54) is 6.92 Å². The third-order valence-corrected chi connectivity index (χ3v) is 2.91. The largest absolute Gasteiger partial charge is 0.384 e. The fourth-order valence-corrected chi connectivity index (χ4v) is 1.86. The van der Waals surface area contributed by atoms with Crippen molar-refractivity contribution in [1.82, 2.24) is 5.32 Å². The lowest BCUT2D eigenvalue weighted by Gasteiger charge is -2.28. The molecular weight excluding hydrogens is 180 g/mol. The number of carbonyl (C=O) groups excluding carboxylic acids is 1.